The summed E-state index contributed by atoms with van der Waals surface area (Å²) in [5.41, 5.74) is 2.34. The first-order chi connectivity index (χ1) is 11.4. The highest BCUT2D eigenvalue weighted by atomic mass is 32.2. The van der Waals surface area contributed by atoms with Crippen molar-refractivity contribution >= 4 is 10.0 Å². The number of sulfonamides is 1. The van der Waals surface area contributed by atoms with Gasteiger partial charge in [-0.2, -0.15) is 4.31 Å². The molecule has 1 fully saturated rings. The van der Waals surface area contributed by atoms with E-state index in [9.17, 15) is 13.2 Å². The van der Waals surface area contributed by atoms with Crippen molar-refractivity contribution in [2.24, 2.45) is 0 Å². The average molecular weight is 346 g/mol. The number of benzene rings is 1. The summed E-state index contributed by atoms with van der Waals surface area (Å²) in [5, 5.41) is 0. The van der Waals surface area contributed by atoms with E-state index < -0.39 is 10.0 Å². The Morgan fingerprint density at radius 1 is 1.12 bits per heavy atom. The zero-order chi connectivity index (χ0) is 17.3. The summed E-state index contributed by atoms with van der Waals surface area (Å²) in [6, 6.07) is 8.52. The highest BCUT2D eigenvalue weighted by molar-refractivity contribution is 7.89. The molecule has 6 heteroatoms. The summed E-state index contributed by atoms with van der Waals surface area (Å²) in [7, 11) is -3.56. The molecule has 0 bridgehead atoms. The van der Waals surface area contributed by atoms with Gasteiger partial charge in [-0.25, -0.2) is 8.42 Å². The molecule has 0 amide bonds. The predicted octanol–water partition coefficient (Wildman–Crippen LogP) is 2.91. The van der Waals surface area contributed by atoms with Gasteiger partial charge in [0.1, 0.15) is 0 Å². The van der Waals surface area contributed by atoms with Gasteiger partial charge in [-0.3, -0.25) is 4.79 Å². The van der Waals surface area contributed by atoms with Crippen LogP contribution < -0.4 is 5.56 Å². The van der Waals surface area contributed by atoms with Crippen LogP contribution in [0.3, 0.4) is 0 Å². The van der Waals surface area contributed by atoms with Crippen molar-refractivity contribution in [1.82, 2.24) is 9.29 Å². The smallest absolute Gasteiger partial charge is 0.250 e. The fraction of sp³-hybridized carbons (Fsp3) is 0.389. The molecule has 0 aliphatic carbocycles. The Morgan fingerprint density at radius 3 is 2.50 bits per heavy atom. The van der Waals surface area contributed by atoms with Crippen LogP contribution in [0, 0.1) is 13.8 Å². The molecule has 2 heterocycles. The first-order valence-electron chi connectivity index (χ1n) is 8.17. The molecular weight excluding hydrogens is 324 g/mol. The Labute approximate surface area is 142 Å². The van der Waals surface area contributed by atoms with Crippen LogP contribution >= 0.6 is 0 Å². The summed E-state index contributed by atoms with van der Waals surface area (Å²) in [6.07, 6.45) is 4.23. The number of aromatic amines is 1. The van der Waals surface area contributed by atoms with Gasteiger partial charge >= 0.3 is 0 Å². The van der Waals surface area contributed by atoms with E-state index in [1.165, 1.54) is 0 Å². The molecule has 2 aromatic rings. The Hall–Kier alpha value is -1.92. The van der Waals surface area contributed by atoms with Gasteiger partial charge in [0, 0.05) is 18.3 Å². The minimum Gasteiger partial charge on any atom is -0.329 e. The second-order valence-electron chi connectivity index (χ2n) is 6.39. The van der Waals surface area contributed by atoms with E-state index in [1.54, 1.807) is 35.6 Å². The molecule has 5 nitrogen and oxygen atoms in total. The summed E-state index contributed by atoms with van der Waals surface area (Å²) >= 11 is 0. The van der Waals surface area contributed by atoms with Crippen LogP contribution in [0.15, 0.2) is 46.2 Å². The summed E-state index contributed by atoms with van der Waals surface area (Å²) in [6.45, 7) is 4.17. The molecule has 1 aromatic carbocycles. The van der Waals surface area contributed by atoms with Crippen molar-refractivity contribution in [3.05, 3.63) is 63.6 Å². The van der Waals surface area contributed by atoms with Crippen molar-refractivity contribution in [2.45, 2.75) is 44.0 Å². The highest BCUT2D eigenvalue weighted by Gasteiger charge is 2.34. The molecular formula is C18H22N2O3S. The molecule has 3 rings (SSSR count). The number of nitrogens with zero attached hydrogens (tertiary/aromatic N) is 1. The minimum atomic E-state index is -3.56. The molecule has 1 saturated heterocycles. The van der Waals surface area contributed by atoms with Crippen LogP contribution in [-0.2, 0) is 10.0 Å². The van der Waals surface area contributed by atoms with Gasteiger partial charge in [0.2, 0.25) is 10.0 Å². The SMILES string of the molecule is Cc1ccc(S(=O)(=O)N2CCCC[C@H]2c2c[nH]c(=O)c(C)c2)cc1. The molecule has 1 aliphatic heterocycles. The van der Waals surface area contributed by atoms with Gasteiger partial charge in [-0.05, 0) is 50.5 Å². The van der Waals surface area contributed by atoms with Gasteiger partial charge in [0.05, 0.1) is 10.9 Å². The molecule has 1 N–H and O–H groups in total. The normalized spacial score (nSPS) is 19.3. The number of hydrogen-bond donors (Lipinski definition) is 1. The van der Waals surface area contributed by atoms with Gasteiger partial charge in [-0.15, -0.1) is 0 Å². The van der Waals surface area contributed by atoms with Crippen LogP contribution in [0.4, 0.5) is 0 Å². The maximum atomic E-state index is 13.1. The number of hydrogen-bond acceptors (Lipinski definition) is 3. The molecule has 1 aliphatic rings. The monoisotopic (exact) mass is 346 g/mol. The molecule has 0 saturated carbocycles. The Morgan fingerprint density at radius 2 is 1.83 bits per heavy atom. The van der Waals surface area contributed by atoms with E-state index in [-0.39, 0.29) is 11.6 Å². The zero-order valence-corrected chi connectivity index (χ0v) is 14.8. The third kappa shape index (κ3) is 3.16. The molecule has 0 unspecified atom stereocenters. The Kier molecular flexibility index (Phi) is 4.60. The van der Waals surface area contributed by atoms with E-state index in [4.69, 9.17) is 0 Å². The number of pyridine rings is 1. The summed E-state index contributed by atoms with van der Waals surface area (Å²) in [4.78, 5) is 14.6. The number of nitrogens with one attached hydrogen (secondary N) is 1. The van der Waals surface area contributed by atoms with E-state index in [2.05, 4.69) is 4.98 Å². The highest BCUT2D eigenvalue weighted by Crippen LogP contribution is 2.35. The second kappa shape index (κ2) is 6.53. The maximum Gasteiger partial charge on any atom is 0.250 e. The number of rotatable bonds is 3. The molecule has 128 valence electrons. The average Bonchev–Trinajstić information content (AvgIpc) is 2.58. The fourth-order valence-electron chi connectivity index (χ4n) is 3.18. The molecule has 1 atom stereocenters. The van der Waals surface area contributed by atoms with E-state index >= 15 is 0 Å². The number of aromatic nitrogens is 1. The lowest BCUT2D eigenvalue weighted by molar-refractivity contribution is 0.255. The van der Waals surface area contributed by atoms with Crippen molar-refractivity contribution in [1.29, 1.82) is 0 Å². The predicted molar refractivity (Wildman–Crippen MR) is 93.5 cm³/mol. The summed E-state index contributed by atoms with van der Waals surface area (Å²) in [5.74, 6) is 0. The molecule has 1 aromatic heterocycles. The van der Waals surface area contributed by atoms with Gasteiger partial charge < -0.3 is 4.98 Å². The van der Waals surface area contributed by atoms with E-state index in [0.717, 1.165) is 30.4 Å². The number of aryl methyl sites for hydroxylation is 2. The van der Waals surface area contributed by atoms with E-state index in [1.807, 2.05) is 19.1 Å². The molecule has 0 spiro atoms. The van der Waals surface area contributed by atoms with Crippen molar-refractivity contribution in [2.75, 3.05) is 6.54 Å². The fourth-order valence-corrected chi connectivity index (χ4v) is 4.87. The number of piperidine rings is 1. The lowest BCUT2D eigenvalue weighted by Crippen LogP contribution is -2.38. The van der Waals surface area contributed by atoms with Crippen LogP contribution in [-0.4, -0.2) is 24.3 Å². The van der Waals surface area contributed by atoms with Crippen LogP contribution in [0.5, 0.6) is 0 Å². The van der Waals surface area contributed by atoms with E-state index in [0.29, 0.717) is 17.0 Å². The third-order valence-electron chi connectivity index (χ3n) is 4.58. The standard InChI is InChI=1S/C18H22N2O3S/c1-13-6-8-16(9-7-13)24(22,23)20-10-4-3-5-17(20)15-11-14(2)18(21)19-12-15/h6-9,11-12,17H,3-5,10H2,1-2H3,(H,19,21)/t17-/m0/s1. The van der Waals surface area contributed by atoms with Crippen molar-refractivity contribution in [3.63, 3.8) is 0 Å². The Balaban J connectivity index is 2.01. The van der Waals surface area contributed by atoms with Crippen LogP contribution in [0.1, 0.15) is 42.0 Å². The Bertz CT molecular complexity index is 885. The molecule has 24 heavy (non-hydrogen) atoms. The summed E-state index contributed by atoms with van der Waals surface area (Å²) < 4.78 is 27.8. The zero-order valence-electron chi connectivity index (χ0n) is 14.0. The third-order valence-corrected chi connectivity index (χ3v) is 6.50. The lowest BCUT2D eigenvalue weighted by Gasteiger charge is -2.35. The second-order valence-corrected chi connectivity index (χ2v) is 8.28. The first-order valence-corrected chi connectivity index (χ1v) is 9.61. The number of H-pyrrole nitrogens is 1. The van der Waals surface area contributed by atoms with Crippen molar-refractivity contribution in [3.8, 4) is 0 Å². The van der Waals surface area contributed by atoms with Crippen LogP contribution in [0.2, 0.25) is 0 Å². The van der Waals surface area contributed by atoms with Crippen molar-refractivity contribution < 1.29 is 8.42 Å². The largest absolute Gasteiger partial charge is 0.329 e. The quantitative estimate of drug-likeness (QED) is 0.929. The molecule has 0 radical (unpaired) electrons. The van der Waals surface area contributed by atoms with Gasteiger partial charge in [0.25, 0.3) is 5.56 Å². The first kappa shape index (κ1) is 16.9. The lowest BCUT2D eigenvalue weighted by atomic mass is 9.98. The van der Waals surface area contributed by atoms with Crippen LogP contribution in [0.25, 0.3) is 0 Å². The minimum absolute atomic E-state index is 0.137. The van der Waals surface area contributed by atoms with Gasteiger partial charge in [-0.1, -0.05) is 24.1 Å². The van der Waals surface area contributed by atoms with Gasteiger partial charge in [0.15, 0.2) is 0 Å². The maximum absolute atomic E-state index is 13.1. The topological polar surface area (TPSA) is 70.2 Å².